The van der Waals surface area contributed by atoms with Crippen LogP contribution in [0.1, 0.15) is 0 Å². The minimum atomic E-state index is 0.0451. The number of nitrogens with zero attached hydrogens (tertiary/aromatic N) is 2. The second-order valence-electron chi connectivity index (χ2n) is 1.65. The van der Waals surface area contributed by atoms with Crippen LogP contribution in [0.4, 0.5) is 0 Å². The summed E-state index contributed by atoms with van der Waals surface area (Å²) in [6.45, 7) is 0.0451. The zero-order chi connectivity index (χ0) is 5.98. The average molecular weight is 113 g/mol. The highest BCUT2D eigenvalue weighted by Gasteiger charge is 1.95. The summed E-state index contributed by atoms with van der Waals surface area (Å²) < 4.78 is 3.49. The first-order valence-corrected chi connectivity index (χ1v) is 2.46. The molecule has 1 heterocycles. The van der Waals surface area contributed by atoms with E-state index in [2.05, 4.69) is 0 Å². The van der Waals surface area contributed by atoms with E-state index >= 15 is 0 Å². The summed E-state index contributed by atoms with van der Waals surface area (Å²) >= 11 is 0. The molecule has 0 aliphatic heterocycles. The summed E-state index contributed by atoms with van der Waals surface area (Å²) in [7, 11) is 1.87. The maximum absolute atomic E-state index is 8.55. The molecule has 0 spiro atoms. The predicted molar refractivity (Wildman–Crippen MR) is 27.8 cm³/mol. The molecule has 1 aromatic heterocycles. The van der Waals surface area contributed by atoms with Crippen molar-refractivity contribution in [2.24, 2.45) is 7.05 Å². The van der Waals surface area contributed by atoms with Crippen LogP contribution < -0.4 is 4.68 Å². The van der Waals surface area contributed by atoms with Crippen LogP contribution in [0.3, 0.4) is 0 Å². The van der Waals surface area contributed by atoms with Crippen LogP contribution in [-0.4, -0.2) is 9.79 Å². The first-order valence-electron chi connectivity index (χ1n) is 2.46. The van der Waals surface area contributed by atoms with Crippen molar-refractivity contribution in [1.82, 2.24) is 4.68 Å². The third kappa shape index (κ3) is 0.721. The van der Waals surface area contributed by atoms with E-state index in [-0.39, 0.29) is 6.73 Å². The molecule has 0 unspecified atom stereocenters. The molecule has 1 rings (SSSR count). The van der Waals surface area contributed by atoms with E-state index in [9.17, 15) is 0 Å². The smallest absolute Gasteiger partial charge is 0.195 e. The van der Waals surface area contributed by atoms with E-state index in [4.69, 9.17) is 5.11 Å². The lowest BCUT2D eigenvalue weighted by atomic mass is 10.7. The maximum atomic E-state index is 8.55. The Hall–Kier alpha value is -0.830. The van der Waals surface area contributed by atoms with Crippen molar-refractivity contribution in [2.75, 3.05) is 0 Å². The number of hydrogen-bond donors (Lipinski definition) is 1. The lowest BCUT2D eigenvalue weighted by Gasteiger charge is -1.89. The number of rotatable bonds is 1. The molecule has 0 aliphatic carbocycles. The van der Waals surface area contributed by atoms with Gasteiger partial charge in [-0.2, -0.15) is 0 Å². The van der Waals surface area contributed by atoms with Gasteiger partial charge in [0.25, 0.3) is 0 Å². The minimum Gasteiger partial charge on any atom is -0.371 e. The van der Waals surface area contributed by atoms with Crippen LogP contribution in [0.2, 0.25) is 0 Å². The molecular weight excluding hydrogens is 104 g/mol. The first kappa shape index (κ1) is 5.31. The normalized spacial score (nSPS) is 9.75. The Labute approximate surface area is 47.8 Å². The number of aliphatic hydroxyl groups is 1. The van der Waals surface area contributed by atoms with Gasteiger partial charge in [-0.15, -0.1) is 9.36 Å². The molecule has 0 saturated heterocycles. The summed E-state index contributed by atoms with van der Waals surface area (Å²) in [5, 5.41) is 8.55. The van der Waals surface area contributed by atoms with Crippen LogP contribution in [0.25, 0.3) is 0 Å². The van der Waals surface area contributed by atoms with E-state index < -0.39 is 0 Å². The van der Waals surface area contributed by atoms with Gasteiger partial charge in [0, 0.05) is 6.07 Å². The lowest BCUT2D eigenvalue weighted by molar-refractivity contribution is -0.757. The van der Waals surface area contributed by atoms with Crippen molar-refractivity contribution < 1.29 is 9.79 Å². The topological polar surface area (TPSA) is 29.0 Å². The molecule has 8 heavy (non-hydrogen) atoms. The molecular formula is C5H9N2O+. The number of aromatic nitrogens is 2. The van der Waals surface area contributed by atoms with Gasteiger partial charge < -0.3 is 5.11 Å². The fraction of sp³-hybridized carbons (Fsp3) is 0.400. The van der Waals surface area contributed by atoms with Crippen molar-refractivity contribution in [1.29, 1.82) is 0 Å². The number of aliphatic hydroxyl groups excluding tert-OH is 1. The zero-order valence-corrected chi connectivity index (χ0v) is 4.78. The summed E-state index contributed by atoms with van der Waals surface area (Å²) in [5.74, 6) is 0. The van der Waals surface area contributed by atoms with Crippen LogP contribution in [-0.2, 0) is 13.8 Å². The second-order valence-corrected chi connectivity index (χ2v) is 1.65. The molecule has 0 bridgehead atoms. The van der Waals surface area contributed by atoms with Crippen LogP contribution in [0.5, 0.6) is 0 Å². The highest BCUT2D eigenvalue weighted by atomic mass is 16.3. The Kier molecular flexibility index (Phi) is 1.30. The zero-order valence-electron chi connectivity index (χ0n) is 4.78. The molecule has 1 aromatic rings. The van der Waals surface area contributed by atoms with Gasteiger partial charge in [-0.05, 0) is 0 Å². The van der Waals surface area contributed by atoms with Gasteiger partial charge in [-0.1, -0.05) is 0 Å². The fourth-order valence-electron chi connectivity index (χ4n) is 0.600. The third-order valence-electron chi connectivity index (χ3n) is 1.11. The summed E-state index contributed by atoms with van der Waals surface area (Å²) in [4.78, 5) is 0. The monoisotopic (exact) mass is 113 g/mol. The molecule has 3 heteroatoms. The summed E-state index contributed by atoms with van der Waals surface area (Å²) in [6, 6.07) is 1.87. The Balaban J connectivity index is 2.92. The van der Waals surface area contributed by atoms with Gasteiger partial charge in [-0.25, -0.2) is 0 Å². The molecule has 3 nitrogen and oxygen atoms in total. The third-order valence-corrected chi connectivity index (χ3v) is 1.11. The van der Waals surface area contributed by atoms with Gasteiger partial charge in [0.1, 0.15) is 0 Å². The summed E-state index contributed by atoms with van der Waals surface area (Å²) in [6.07, 6.45) is 3.68. The van der Waals surface area contributed by atoms with Gasteiger partial charge in [0.2, 0.25) is 0 Å². The SMILES string of the molecule is C[n+]1cccn1CO. The van der Waals surface area contributed by atoms with Crippen molar-refractivity contribution in [3.05, 3.63) is 18.5 Å². The van der Waals surface area contributed by atoms with Gasteiger partial charge >= 0.3 is 0 Å². The van der Waals surface area contributed by atoms with Crippen LogP contribution >= 0.6 is 0 Å². The molecule has 0 saturated carbocycles. The highest BCUT2D eigenvalue weighted by Crippen LogP contribution is 1.75. The quantitative estimate of drug-likeness (QED) is 0.478. The Morgan fingerprint density at radius 3 is 2.75 bits per heavy atom. The van der Waals surface area contributed by atoms with Crippen LogP contribution in [0, 0.1) is 0 Å². The Morgan fingerprint density at radius 1 is 1.75 bits per heavy atom. The predicted octanol–water partition coefficient (Wildman–Crippen LogP) is -0.738. The molecule has 0 radical (unpaired) electrons. The molecule has 1 N–H and O–H groups in total. The second kappa shape index (κ2) is 1.96. The van der Waals surface area contributed by atoms with E-state index in [1.54, 1.807) is 15.6 Å². The van der Waals surface area contributed by atoms with E-state index in [1.165, 1.54) is 0 Å². The van der Waals surface area contributed by atoms with Gasteiger partial charge in [0.05, 0.1) is 6.20 Å². The molecule has 44 valence electrons. The number of hydrogen-bond acceptors (Lipinski definition) is 1. The maximum Gasteiger partial charge on any atom is 0.195 e. The fourth-order valence-corrected chi connectivity index (χ4v) is 0.600. The van der Waals surface area contributed by atoms with E-state index in [1.807, 2.05) is 19.3 Å². The van der Waals surface area contributed by atoms with Gasteiger partial charge in [-0.3, -0.25) is 0 Å². The average Bonchev–Trinajstić information content (AvgIpc) is 2.14. The Bertz CT molecular complexity index is 171. The molecule has 0 fully saturated rings. The minimum absolute atomic E-state index is 0.0451. The summed E-state index contributed by atoms with van der Waals surface area (Å²) in [5.41, 5.74) is 0. The van der Waals surface area contributed by atoms with Crippen molar-refractivity contribution in [3.63, 3.8) is 0 Å². The van der Waals surface area contributed by atoms with Crippen molar-refractivity contribution >= 4 is 0 Å². The standard InChI is InChI=1S/C5H9N2O/c1-6-3-2-4-7(6)5-8/h2-4,8H,5H2,1H3/q+1. The van der Waals surface area contributed by atoms with E-state index in [0.29, 0.717) is 0 Å². The van der Waals surface area contributed by atoms with Crippen molar-refractivity contribution in [2.45, 2.75) is 6.73 Å². The Morgan fingerprint density at radius 2 is 2.50 bits per heavy atom. The van der Waals surface area contributed by atoms with Crippen LogP contribution in [0.15, 0.2) is 18.5 Å². The molecule has 0 amide bonds. The highest BCUT2D eigenvalue weighted by molar-refractivity contribution is 4.69. The molecule has 0 aliphatic rings. The van der Waals surface area contributed by atoms with Crippen molar-refractivity contribution in [3.8, 4) is 0 Å². The van der Waals surface area contributed by atoms with Gasteiger partial charge in [0.15, 0.2) is 20.0 Å². The number of aryl methyl sites for hydroxylation is 1. The molecule has 0 aromatic carbocycles. The van der Waals surface area contributed by atoms with E-state index in [0.717, 1.165) is 0 Å². The molecule has 0 atom stereocenters. The lowest BCUT2D eigenvalue weighted by Crippen LogP contribution is -2.37. The first-order chi connectivity index (χ1) is 3.84. The largest absolute Gasteiger partial charge is 0.371 e.